The Bertz CT molecular complexity index is 862. The molecule has 0 radical (unpaired) electrons. The molecule has 1 aromatic heterocycles. The predicted octanol–water partition coefficient (Wildman–Crippen LogP) is 4.15. The average molecular weight is 542 g/mol. The highest BCUT2D eigenvalue weighted by Crippen LogP contribution is 2.22. The van der Waals surface area contributed by atoms with E-state index in [0.29, 0.717) is 37.1 Å². The largest absolute Gasteiger partial charge is 0.463 e. The van der Waals surface area contributed by atoms with Crippen molar-refractivity contribution in [3.05, 3.63) is 53.5 Å². The summed E-state index contributed by atoms with van der Waals surface area (Å²) in [6.07, 6.45) is 0.492. The minimum Gasteiger partial charge on any atom is -0.463 e. The molecule has 7 nitrogen and oxygen atoms in total. The average Bonchev–Trinajstić information content (AvgIpc) is 3.11. The number of aliphatic imine (C=N–C) groups is 1. The summed E-state index contributed by atoms with van der Waals surface area (Å²) in [5, 5.41) is 20.0. The molecule has 0 aliphatic carbocycles. The third kappa shape index (κ3) is 9.30. The van der Waals surface area contributed by atoms with Gasteiger partial charge in [0.15, 0.2) is 5.96 Å². The van der Waals surface area contributed by atoms with Crippen LogP contribution in [0.15, 0.2) is 45.8 Å². The summed E-state index contributed by atoms with van der Waals surface area (Å²) >= 11 is 0. The summed E-state index contributed by atoms with van der Waals surface area (Å²) in [5.74, 6) is 2.18. The molecule has 31 heavy (non-hydrogen) atoms. The van der Waals surface area contributed by atoms with Crippen molar-refractivity contribution in [3.8, 4) is 0 Å². The van der Waals surface area contributed by atoms with E-state index in [1.54, 1.807) is 13.0 Å². The fourth-order valence-corrected chi connectivity index (χ4v) is 2.91. The smallest absolute Gasteiger partial charge is 0.224 e. The van der Waals surface area contributed by atoms with Gasteiger partial charge in [-0.2, -0.15) is 0 Å². The Morgan fingerprint density at radius 2 is 1.97 bits per heavy atom. The summed E-state index contributed by atoms with van der Waals surface area (Å²) in [6.45, 7) is 10.9. The van der Waals surface area contributed by atoms with Crippen LogP contribution in [0.5, 0.6) is 0 Å². The number of nitrogens with zero attached hydrogens (tertiary/aromatic N) is 1. The van der Waals surface area contributed by atoms with Crippen LogP contribution in [-0.2, 0) is 16.9 Å². The molecule has 1 aromatic carbocycles. The van der Waals surface area contributed by atoms with Gasteiger partial charge in [0.05, 0.1) is 13.1 Å². The fraction of sp³-hybridized carbons (Fsp3) is 0.478. The molecule has 0 aliphatic heterocycles. The van der Waals surface area contributed by atoms with Gasteiger partial charge in [-0.3, -0.25) is 4.79 Å². The number of halogens is 1. The number of aliphatic hydroxyl groups is 1. The minimum absolute atomic E-state index is 0. The zero-order valence-corrected chi connectivity index (χ0v) is 21.3. The number of hydrogen-bond donors (Lipinski definition) is 4. The van der Waals surface area contributed by atoms with Crippen LogP contribution in [0.25, 0.3) is 0 Å². The lowest BCUT2D eigenvalue weighted by atomic mass is 10.0. The van der Waals surface area contributed by atoms with E-state index in [2.05, 4.69) is 20.9 Å². The molecule has 0 aliphatic rings. The van der Waals surface area contributed by atoms with E-state index in [9.17, 15) is 9.90 Å². The summed E-state index contributed by atoms with van der Waals surface area (Å²) in [4.78, 5) is 16.6. The predicted molar refractivity (Wildman–Crippen MR) is 136 cm³/mol. The normalized spacial score (nSPS) is 13.3. The first-order valence-electron chi connectivity index (χ1n) is 10.4. The molecule has 172 valence electrons. The summed E-state index contributed by atoms with van der Waals surface area (Å²) in [6, 6.07) is 11.3. The van der Waals surface area contributed by atoms with Crippen LogP contribution in [0.3, 0.4) is 0 Å². The Kier molecular flexibility index (Phi) is 11.1. The van der Waals surface area contributed by atoms with E-state index in [1.165, 1.54) is 0 Å². The molecular formula is C23H35IN4O3. The van der Waals surface area contributed by atoms with E-state index in [0.717, 1.165) is 17.0 Å². The van der Waals surface area contributed by atoms with Crippen molar-refractivity contribution in [2.45, 2.75) is 53.2 Å². The van der Waals surface area contributed by atoms with Gasteiger partial charge in [0.25, 0.3) is 0 Å². The highest BCUT2D eigenvalue weighted by molar-refractivity contribution is 14.0. The first kappa shape index (κ1) is 27.0. The maximum absolute atomic E-state index is 12.0. The summed E-state index contributed by atoms with van der Waals surface area (Å²) < 4.78 is 5.55. The summed E-state index contributed by atoms with van der Waals surface area (Å²) in [7, 11) is 0. The first-order chi connectivity index (χ1) is 14.2. The Morgan fingerprint density at radius 1 is 1.23 bits per heavy atom. The van der Waals surface area contributed by atoms with Crippen molar-refractivity contribution in [2.75, 3.05) is 18.4 Å². The number of guanidine groups is 1. The topological polar surface area (TPSA) is 98.9 Å². The van der Waals surface area contributed by atoms with Crippen LogP contribution in [-0.4, -0.2) is 30.1 Å². The van der Waals surface area contributed by atoms with Gasteiger partial charge in [0, 0.05) is 18.7 Å². The number of carbonyl (C=O) groups is 1. The second-order valence-electron chi connectivity index (χ2n) is 8.08. The second-order valence-corrected chi connectivity index (χ2v) is 8.08. The number of aryl methyl sites for hydroxylation is 1. The molecule has 0 bridgehead atoms. The lowest BCUT2D eigenvalue weighted by Gasteiger charge is -2.22. The van der Waals surface area contributed by atoms with Crippen LogP contribution in [0.2, 0.25) is 0 Å². The van der Waals surface area contributed by atoms with E-state index < -0.39 is 5.60 Å². The number of benzene rings is 1. The molecule has 0 saturated heterocycles. The van der Waals surface area contributed by atoms with Crippen LogP contribution >= 0.6 is 24.0 Å². The highest BCUT2D eigenvalue weighted by atomic mass is 127. The fourth-order valence-electron chi connectivity index (χ4n) is 2.91. The number of rotatable bonds is 9. The van der Waals surface area contributed by atoms with Gasteiger partial charge < -0.3 is 25.5 Å². The van der Waals surface area contributed by atoms with Gasteiger partial charge in [-0.25, -0.2) is 4.99 Å². The molecular weight excluding hydrogens is 507 g/mol. The van der Waals surface area contributed by atoms with Gasteiger partial charge in [0.2, 0.25) is 5.91 Å². The van der Waals surface area contributed by atoms with Crippen LogP contribution in [0, 0.1) is 12.8 Å². The number of nitrogens with one attached hydrogen (secondary N) is 3. The summed E-state index contributed by atoms with van der Waals surface area (Å²) in [5.41, 5.74) is 0.579. The second kappa shape index (κ2) is 12.7. The van der Waals surface area contributed by atoms with E-state index in [-0.39, 0.29) is 36.4 Å². The third-order valence-electron chi connectivity index (χ3n) is 4.44. The standard InChI is InChI=1S/C23H34N4O3.HI/c1-6-24-22(26-15-23(5,29)20-11-10-17(4)30-20)25-14-18-8-7-9-19(13-18)27-21(28)12-16(2)3;/h7-11,13,16,29H,6,12,14-15H2,1-5H3,(H,27,28)(H2,24,25,26);1H. The van der Waals surface area contributed by atoms with Gasteiger partial charge in [-0.15, -0.1) is 24.0 Å². The number of amides is 1. The van der Waals surface area contributed by atoms with Crippen LogP contribution in [0.4, 0.5) is 5.69 Å². The lowest BCUT2D eigenvalue weighted by molar-refractivity contribution is -0.116. The molecule has 1 amide bonds. The van der Waals surface area contributed by atoms with Gasteiger partial charge in [-0.1, -0.05) is 26.0 Å². The van der Waals surface area contributed by atoms with E-state index in [4.69, 9.17) is 4.42 Å². The van der Waals surface area contributed by atoms with Crippen molar-refractivity contribution < 1.29 is 14.3 Å². The molecule has 0 saturated carbocycles. The quantitative estimate of drug-likeness (QED) is 0.217. The molecule has 1 unspecified atom stereocenters. The number of hydrogen-bond acceptors (Lipinski definition) is 4. The highest BCUT2D eigenvalue weighted by Gasteiger charge is 2.27. The number of anilines is 1. The van der Waals surface area contributed by atoms with Crippen molar-refractivity contribution >= 4 is 41.5 Å². The third-order valence-corrected chi connectivity index (χ3v) is 4.44. The lowest BCUT2D eigenvalue weighted by Crippen LogP contribution is -2.44. The first-order valence-corrected chi connectivity index (χ1v) is 10.4. The monoisotopic (exact) mass is 542 g/mol. The molecule has 0 fully saturated rings. The molecule has 2 aromatic rings. The molecule has 0 spiro atoms. The van der Waals surface area contributed by atoms with E-state index >= 15 is 0 Å². The van der Waals surface area contributed by atoms with Gasteiger partial charge in [-0.05, 0) is 56.5 Å². The van der Waals surface area contributed by atoms with Crippen LogP contribution in [0.1, 0.15) is 51.2 Å². The van der Waals surface area contributed by atoms with E-state index in [1.807, 2.05) is 58.0 Å². The maximum Gasteiger partial charge on any atom is 0.224 e. The Morgan fingerprint density at radius 3 is 2.58 bits per heavy atom. The van der Waals surface area contributed by atoms with Crippen molar-refractivity contribution in [1.29, 1.82) is 0 Å². The molecule has 1 atom stereocenters. The van der Waals surface area contributed by atoms with Gasteiger partial charge in [0.1, 0.15) is 17.1 Å². The zero-order valence-electron chi connectivity index (χ0n) is 19.0. The number of furan rings is 1. The Balaban J connectivity index is 0.00000480. The number of carbonyl (C=O) groups excluding carboxylic acids is 1. The SMILES string of the molecule is CCNC(=NCc1cccc(NC(=O)CC(C)C)c1)NCC(C)(O)c1ccc(C)o1.I. The Labute approximate surface area is 202 Å². The van der Waals surface area contributed by atoms with Crippen molar-refractivity contribution in [1.82, 2.24) is 10.6 Å². The van der Waals surface area contributed by atoms with Gasteiger partial charge >= 0.3 is 0 Å². The molecule has 8 heteroatoms. The van der Waals surface area contributed by atoms with Crippen LogP contribution < -0.4 is 16.0 Å². The molecule has 2 rings (SSSR count). The minimum atomic E-state index is -1.16. The molecule has 4 N–H and O–H groups in total. The van der Waals surface area contributed by atoms with Crippen molar-refractivity contribution in [2.24, 2.45) is 10.9 Å². The van der Waals surface area contributed by atoms with Crippen molar-refractivity contribution in [3.63, 3.8) is 0 Å². The molecule has 1 heterocycles. The maximum atomic E-state index is 12.0. The Hall–Kier alpha value is -2.07. The zero-order chi connectivity index (χ0) is 22.1.